The van der Waals surface area contributed by atoms with E-state index < -0.39 is 0 Å². The van der Waals surface area contributed by atoms with Crippen LogP contribution in [-0.2, 0) is 23.9 Å². The molecule has 1 aliphatic heterocycles. The van der Waals surface area contributed by atoms with Gasteiger partial charge in [-0.15, -0.1) is 0 Å². The Morgan fingerprint density at radius 2 is 0.860 bits per heavy atom. The van der Waals surface area contributed by atoms with Gasteiger partial charge in [-0.1, -0.05) is 156 Å². The molecule has 1 rings (SSSR count). The number of amides is 1. The van der Waals surface area contributed by atoms with Crippen LogP contribution < -0.4 is 0 Å². The van der Waals surface area contributed by atoms with E-state index in [9.17, 15) is 14.4 Å². The number of unbranched alkanes of at least 4 members (excludes halogenated alkanes) is 16. The maximum absolute atomic E-state index is 13.4. The van der Waals surface area contributed by atoms with Crippen LogP contribution in [0.3, 0.4) is 0 Å². The van der Waals surface area contributed by atoms with Crippen LogP contribution in [0.5, 0.6) is 0 Å². The Hall–Kier alpha value is -1.63. The van der Waals surface area contributed by atoms with Crippen molar-refractivity contribution < 1.29 is 23.9 Å². The van der Waals surface area contributed by atoms with Crippen molar-refractivity contribution in [3.63, 3.8) is 0 Å². The van der Waals surface area contributed by atoms with E-state index in [-0.39, 0.29) is 42.9 Å². The summed E-state index contributed by atoms with van der Waals surface area (Å²) in [5.41, 5.74) is 0. The molecule has 1 fully saturated rings. The minimum Gasteiger partial charge on any atom is -0.464 e. The van der Waals surface area contributed by atoms with Crippen LogP contribution in [0.1, 0.15) is 201 Å². The molecular weight excluding hydrogens is 624 g/mol. The molecule has 294 valence electrons. The normalized spacial score (nSPS) is 14.5. The van der Waals surface area contributed by atoms with E-state index in [1.165, 1.54) is 103 Å². The standard InChI is InChI=1S/C43H82N2O5/c1-5-9-13-17-19-23-29-39(27-21-15-11-7-3)42(47)49-37-35-45(41(46)31-34-44-32-25-26-33-44)36-38-50-43(48)40(28-22-16-12-8-4)30-24-20-18-14-10-6-2/h39-40H,5-38H2,1-4H3. The lowest BCUT2D eigenvalue weighted by molar-refractivity contribution is -0.152. The average molecular weight is 707 g/mol. The lowest BCUT2D eigenvalue weighted by Crippen LogP contribution is -2.39. The number of nitrogens with zero attached hydrogens (tertiary/aromatic N) is 2. The van der Waals surface area contributed by atoms with Gasteiger partial charge in [0.2, 0.25) is 5.91 Å². The molecule has 1 amide bonds. The molecule has 2 atom stereocenters. The number of esters is 2. The van der Waals surface area contributed by atoms with Crippen LogP contribution in [0.15, 0.2) is 0 Å². The summed E-state index contributed by atoms with van der Waals surface area (Å²) < 4.78 is 11.7. The summed E-state index contributed by atoms with van der Waals surface area (Å²) in [6.45, 7) is 12.9. The van der Waals surface area contributed by atoms with E-state index in [0.29, 0.717) is 19.5 Å². The third-order valence-corrected chi connectivity index (χ3v) is 10.7. The van der Waals surface area contributed by atoms with Crippen molar-refractivity contribution in [2.24, 2.45) is 11.8 Å². The zero-order valence-electron chi connectivity index (χ0n) is 33.6. The number of rotatable bonds is 35. The van der Waals surface area contributed by atoms with Crippen molar-refractivity contribution in [1.82, 2.24) is 9.80 Å². The third kappa shape index (κ3) is 24.5. The second-order valence-electron chi connectivity index (χ2n) is 15.2. The van der Waals surface area contributed by atoms with Crippen LogP contribution in [-0.4, -0.2) is 73.6 Å². The van der Waals surface area contributed by atoms with E-state index in [1.807, 2.05) is 0 Å². The van der Waals surface area contributed by atoms with Gasteiger partial charge in [0.1, 0.15) is 13.2 Å². The first kappa shape index (κ1) is 46.4. The van der Waals surface area contributed by atoms with Crippen LogP contribution in [0.4, 0.5) is 0 Å². The van der Waals surface area contributed by atoms with Crippen molar-refractivity contribution in [3.05, 3.63) is 0 Å². The smallest absolute Gasteiger partial charge is 0.308 e. The molecule has 0 N–H and O–H groups in total. The zero-order valence-corrected chi connectivity index (χ0v) is 33.6. The van der Waals surface area contributed by atoms with Gasteiger partial charge in [-0.2, -0.15) is 0 Å². The number of carbonyl (C=O) groups excluding carboxylic acids is 3. The molecule has 1 aliphatic rings. The summed E-state index contributed by atoms with van der Waals surface area (Å²) in [4.78, 5) is 44.1. The van der Waals surface area contributed by atoms with Crippen LogP contribution in [0.2, 0.25) is 0 Å². The molecule has 2 unspecified atom stereocenters. The van der Waals surface area contributed by atoms with Gasteiger partial charge in [-0.25, -0.2) is 0 Å². The molecule has 7 nitrogen and oxygen atoms in total. The van der Waals surface area contributed by atoms with Gasteiger partial charge in [0.25, 0.3) is 0 Å². The molecule has 0 bridgehead atoms. The lowest BCUT2D eigenvalue weighted by Gasteiger charge is -2.25. The number of hydrogen-bond acceptors (Lipinski definition) is 6. The average Bonchev–Trinajstić information content (AvgIpc) is 3.65. The van der Waals surface area contributed by atoms with Gasteiger partial charge in [-0.3, -0.25) is 14.4 Å². The molecule has 0 spiro atoms. The number of likely N-dealkylation sites (tertiary alicyclic amines) is 1. The quantitative estimate of drug-likeness (QED) is 0.0482. The molecule has 0 saturated carbocycles. The molecule has 0 radical (unpaired) electrons. The summed E-state index contributed by atoms with van der Waals surface area (Å²) in [7, 11) is 0. The molecule has 0 aromatic rings. The SMILES string of the molecule is CCCCCCCCC(CCCCCC)C(=O)OCCN(CCOC(=O)C(CCCCCC)CCCCCCCC)C(=O)CCN1CCCC1. The van der Waals surface area contributed by atoms with E-state index in [4.69, 9.17) is 9.47 Å². The number of carbonyl (C=O) groups is 3. The van der Waals surface area contributed by atoms with Crippen molar-refractivity contribution >= 4 is 17.8 Å². The molecule has 1 heterocycles. The highest BCUT2D eigenvalue weighted by Gasteiger charge is 2.23. The fourth-order valence-corrected chi connectivity index (χ4v) is 7.27. The third-order valence-electron chi connectivity index (χ3n) is 10.7. The van der Waals surface area contributed by atoms with Gasteiger partial charge in [0, 0.05) is 13.0 Å². The second-order valence-corrected chi connectivity index (χ2v) is 15.2. The highest BCUT2D eigenvalue weighted by atomic mass is 16.5. The minimum atomic E-state index is -0.105. The predicted molar refractivity (Wildman–Crippen MR) is 209 cm³/mol. The Labute approximate surface area is 309 Å². The summed E-state index contributed by atoms with van der Waals surface area (Å²) in [5.74, 6) is -0.271. The Morgan fingerprint density at radius 1 is 0.520 bits per heavy atom. The summed E-state index contributed by atoms with van der Waals surface area (Å²) in [6, 6.07) is 0. The summed E-state index contributed by atoms with van der Waals surface area (Å²) in [5, 5.41) is 0. The Balaban J connectivity index is 2.72. The van der Waals surface area contributed by atoms with Crippen molar-refractivity contribution in [3.8, 4) is 0 Å². The van der Waals surface area contributed by atoms with Crippen LogP contribution in [0.25, 0.3) is 0 Å². The second kappa shape index (κ2) is 33.2. The number of hydrogen-bond donors (Lipinski definition) is 0. The molecule has 0 aromatic carbocycles. The van der Waals surface area contributed by atoms with Gasteiger partial charge in [-0.05, 0) is 51.6 Å². The van der Waals surface area contributed by atoms with Gasteiger partial charge in [0.15, 0.2) is 0 Å². The van der Waals surface area contributed by atoms with Crippen molar-refractivity contribution in [2.45, 2.75) is 201 Å². The fourth-order valence-electron chi connectivity index (χ4n) is 7.27. The molecule has 7 heteroatoms. The van der Waals surface area contributed by atoms with Gasteiger partial charge in [0.05, 0.1) is 24.9 Å². The first-order valence-electron chi connectivity index (χ1n) is 21.8. The summed E-state index contributed by atoms with van der Waals surface area (Å²) >= 11 is 0. The van der Waals surface area contributed by atoms with Crippen LogP contribution in [0, 0.1) is 11.8 Å². The monoisotopic (exact) mass is 707 g/mol. The fraction of sp³-hybridized carbons (Fsp3) is 0.930. The predicted octanol–water partition coefficient (Wildman–Crippen LogP) is 11.1. The minimum absolute atomic E-state index is 0.0513. The van der Waals surface area contributed by atoms with E-state index in [0.717, 1.165) is 83.8 Å². The lowest BCUT2D eigenvalue weighted by atomic mass is 9.94. The zero-order chi connectivity index (χ0) is 36.5. The summed E-state index contributed by atoms with van der Waals surface area (Å²) in [6.07, 6.45) is 30.2. The van der Waals surface area contributed by atoms with Crippen LogP contribution >= 0.6 is 0 Å². The number of ether oxygens (including phenoxy) is 2. The molecule has 1 saturated heterocycles. The molecule has 0 aliphatic carbocycles. The highest BCUT2D eigenvalue weighted by Crippen LogP contribution is 2.22. The van der Waals surface area contributed by atoms with Gasteiger partial charge < -0.3 is 19.3 Å². The Kier molecular flexibility index (Phi) is 30.8. The first-order chi connectivity index (χ1) is 24.5. The van der Waals surface area contributed by atoms with Crippen molar-refractivity contribution in [2.75, 3.05) is 45.9 Å². The topological polar surface area (TPSA) is 76.1 Å². The van der Waals surface area contributed by atoms with E-state index in [2.05, 4.69) is 32.6 Å². The van der Waals surface area contributed by atoms with Gasteiger partial charge >= 0.3 is 11.9 Å². The maximum Gasteiger partial charge on any atom is 0.308 e. The Morgan fingerprint density at radius 3 is 1.24 bits per heavy atom. The molecular formula is C43H82N2O5. The van der Waals surface area contributed by atoms with E-state index in [1.54, 1.807) is 4.90 Å². The van der Waals surface area contributed by atoms with E-state index >= 15 is 0 Å². The molecule has 50 heavy (non-hydrogen) atoms. The Bertz CT molecular complexity index is 765. The maximum atomic E-state index is 13.4. The first-order valence-corrected chi connectivity index (χ1v) is 21.8. The van der Waals surface area contributed by atoms with Crippen molar-refractivity contribution in [1.29, 1.82) is 0 Å². The molecule has 0 aromatic heterocycles. The highest BCUT2D eigenvalue weighted by molar-refractivity contribution is 5.77. The largest absolute Gasteiger partial charge is 0.464 e.